The van der Waals surface area contributed by atoms with Crippen LogP contribution in [0.2, 0.25) is 0 Å². The maximum Gasteiger partial charge on any atom is 0.0208 e. The van der Waals surface area contributed by atoms with E-state index in [1.165, 1.54) is 106 Å². The van der Waals surface area contributed by atoms with E-state index >= 15 is 0 Å². The van der Waals surface area contributed by atoms with E-state index in [9.17, 15) is 0 Å². The minimum absolute atomic E-state index is 1.29. The van der Waals surface area contributed by atoms with E-state index in [1.807, 2.05) is 23.5 Å². The van der Waals surface area contributed by atoms with Gasteiger partial charge in [-0.2, -0.15) is 0 Å². The zero-order chi connectivity index (χ0) is 28.5. The van der Waals surface area contributed by atoms with Crippen LogP contribution in [-0.2, 0) is 0 Å². The fourth-order valence-electron chi connectivity index (χ4n) is 7.72. The number of benzene rings is 9. The van der Waals surface area contributed by atoms with Crippen LogP contribution in [-0.4, -0.2) is 0 Å². The van der Waals surface area contributed by atoms with E-state index in [0.29, 0.717) is 0 Å². The van der Waals surface area contributed by atoms with Gasteiger partial charge in [0, 0.05) is 30.4 Å². The Balaban J connectivity index is 1.26. The molecule has 9 aromatic rings. The molecule has 0 amide bonds. The van der Waals surface area contributed by atoms with Gasteiger partial charge in [0.25, 0.3) is 0 Å². The summed E-state index contributed by atoms with van der Waals surface area (Å²) in [6.07, 6.45) is 0. The molecule has 0 radical (unpaired) electrons. The van der Waals surface area contributed by atoms with Crippen LogP contribution in [0.15, 0.2) is 153 Å². The van der Waals surface area contributed by atoms with Gasteiger partial charge in [0.1, 0.15) is 0 Å². The molecule has 2 aliphatic heterocycles. The Kier molecular flexibility index (Phi) is 4.54. The minimum Gasteiger partial charge on any atom is -0.0887 e. The molecule has 0 spiro atoms. The van der Waals surface area contributed by atoms with Gasteiger partial charge in [-0.05, 0) is 137 Å². The van der Waals surface area contributed by atoms with E-state index < -0.39 is 0 Å². The molecule has 0 nitrogen and oxygen atoms in total. The standard InChI is InChI=1S/C42H22S2/c1-3-9-25-17-29-21-37-33(19-27(29)15-23(25)7-1)39-31-11-5-6-12-32(31)40-34-20-28-16-24-8-2-4-10-26(24)18-30(28)22-38(34)44-36-14-13-35(43-37)41(39)42(36)40/h1-22H. The van der Waals surface area contributed by atoms with E-state index in [2.05, 4.69) is 133 Å². The maximum absolute atomic E-state index is 2.45. The molecule has 0 aliphatic carbocycles. The molecular formula is C42H22S2. The van der Waals surface area contributed by atoms with Crippen molar-refractivity contribution in [1.29, 1.82) is 0 Å². The second kappa shape index (κ2) is 8.45. The first-order valence-electron chi connectivity index (χ1n) is 15.1. The van der Waals surface area contributed by atoms with Crippen LogP contribution in [0.5, 0.6) is 0 Å². The van der Waals surface area contributed by atoms with E-state index in [1.54, 1.807) is 0 Å². The molecule has 0 aromatic heterocycles. The summed E-state index contributed by atoms with van der Waals surface area (Å²) in [5, 5.41) is 15.9. The minimum atomic E-state index is 1.29. The lowest BCUT2D eigenvalue weighted by molar-refractivity contribution is 1.37. The molecule has 2 heteroatoms. The van der Waals surface area contributed by atoms with Crippen LogP contribution in [0.4, 0.5) is 0 Å². The largest absolute Gasteiger partial charge is 0.0887 e. The number of fused-ring (bicyclic) bond motifs is 11. The molecule has 0 unspecified atom stereocenters. The average Bonchev–Trinajstić information content (AvgIpc) is 3.06. The van der Waals surface area contributed by atoms with Crippen molar-refractivity contribution >= 4 is 88.2 Å². The second-order valence-corrected chi connectivity index (χ2v) is 14.3. The van der Waals surface area contributed by atoms with Gasteiger partial charge in [0.2, 0.25) is 0 Å². The molecule has 0 fully saturated rings. The topological polar surface area (TPSA) is 0 Å². The highest BCUT2D eigenvalue weighted by atomic mass is 32.2. The van der Waals surface area contributed by atoms with Crippen molar-refractivity contribution in [2.45, 2.75) is 19.6 Å². The zero-order valence-electron chi connectivity index (χ0n) is 23.5. The van der Waals surface area contributed by atoms with Crippen LogP contribution < -0.4 is 0 Å². The first kappa shape index (κ1) is 23.7. The lowest BCUT2D eigenvalue weighted by atomic mass is 9.84. The third kappa shape index (κ3) is 3.12. The number of rotatable bonds is 0. The first-order valence-corrected chi connectivity index (χ1v) is 16.7. The normalized spacial score (nSPS) is 13.3. The molecule has 11 rings (SSSR count). The molecule has 2 aliphatic rings. The van der Waals surface area contributed by atoms with Crippen molar-refractivity contribution in [1.82, 2.24) is 0 Å². The number of hydrogen-bond acceptors (Lipinski definition) is 2. The molecule has 0 saturated carbocycles. The monoisotopic (exact) mass is 590 g/mol. The second-order valence-electron chi connectivity index (χ2n) is 12.1. The quantitative estimate of drug-likeness (QED) is 0.161. The van der Waals surface area contributed by atoms with Crippen LogP contribution >= 0.6 is 23.5 Å². The molecule has 0 atom stereocenters. The predicted octanol–water partition coefficient (Wildman–Crippen LogP) is 12.9. The Bertz CT molecular complexity index is 2580. The fourth-order valence-corrected chi connectivity index (χ4v) is 9.99. The summed E-state index contributed by atoms with van der Waals surface area (Å²) >= 11 is 3.86. The fraction of sp³-hybridized carbons (Fsp3) is 0. The lowest BCUT2D eigenvalue weighted by Crippen LogP contribution is -2.01. The molecule has 202 valence electrons. The van der Waals surface area contributed by atoms with Crippen LogP contribution in [0.3, 0.4) is 0 Å². The van der Waals surface area contributed by atoms with Gasteiger partial charge in [-0.25, -0.2) is 0 Å². The smallest absolute Gasteiger partial charge is 0.0208 e. The van der Waals surface area contributed by atoms with Crippen molar-refractivity contribution in [3.8, 4) is 22.3 Å². The molecule has 0 N–H and O–H groups in total. The Labute approximate surface area is 262 Å². The van der Waals surface area contributed by atoms with Crippen molar-refractivity contribution in [2.24, 2.45) is 0 Å². The Morgan fingerprint density at radius 1 is 0.295 bits per heavy atom. The van der Waals surface area contributed by atoms with Gasteiger partial charge in [-0.15, -0.1) is 0 Å². The predicted molar refractivity (Wildman–Crippen MR) is 191 cm³/mol. The summed E-state index contributed by atoms with van der Waals surface area (Å²) in [5.74, 6) is 0. The van der Waals surface area contributed by atoms with Crippen LogP contribution in [0, 0.1) is 0 Å². The third-order valence-corrected chi connectivity index (χ3v) is 11.9. The lowest BCUT2D eigenvalue weighted by Gasteiger charge is -2.29. The molecule has 0 saturated heterocycles. The van der Waals surface area contributed by atoms with Crippen molar-refractivity contribution < 1.29 is 0 Å². The van der Waals surface area contributed by atoms with E-state index in [0.717, 1.165) is 0 Å². The number of hydrogen-bond donors (Lipinski definition) is 0. The van der Waals surface area contributed by atoms with Gasteiger partial charge in [0.05, 0.1) is 0 Å². The van der Waals surface area contributed by atoms with Gasteiger partial charge >= 0.3 is 0 Å². The van der Waals surface area contributed by atoms with Gasteiger partial charge in [-0.1, -0.05) is 96.3 Å². The highest BCUT2D eigenvalue weighted by Crippen LogP contribution is 2.59. The van der Waals surface area contributed by atoms with Gasteiger partial charge in [0.15, 0.2) is 0 Å². The Morgan fingerprint density at radius 2 is 0.659 bits per heavy atom. The molecule has 9 aromatic carbocycles. The molecule has 44 heavy (non-hydrogen) atoms. The van der Waals surface area contributed by atoms with Gasteiger partial charge < -0.3 is 0 Å². The van der Waals surface area contributed by atoms with E-state index in [4.69, 9.17) is 0 Å². The van der Waals surface area contributed by atoms with Crippen molar-refractivity contribution in [3.05, 3.63) is 133 Å². The summed E-state index contributed by atoms with van der Waals surface area (Å²) in [4.78, 5) is 5.40. The van der Waals surface area contributed by atoms with E-state index in [-0.39, 0.29) is 0 Å². The zero-order valence-corrected chi connectivity index (χ0v) is 25.2. The van der Waals surface area contributed by atoms with Crippen LogP contribution in [0.1, 0.15) is 0 Å². The van der Waals surface area contributed by atoms with Gasteiger partial charge in [-0.3, -0.25) is 0 Å². The first-order chi connectivity index (χ1) is 21.8. The third-order valence-electron chi connectivity index (χ3n) is 9.68. The summed E-state index contributed by atoms with van der Waals surface area (Å²) in [5.41, 5.74) is 5.48. The molecule has 2 heterocycles. The summed E-state index contributed by atoms with van der Waals surface area (Å²) < 4.78 is 0. The molecule has 0 bridgehead atoms. The van der Waals surface area contributed by atoms with Crippen LogP contribution in [0.25, 0.3) is 86.9 Å². The Morgan fingerprint density at radius 3 is 1.07 bits per heavy atom. The Hall–Kier alpha value is -4.76. The SMILES string of the molecule is c1ccc2cc3cc4c(cc3cc2c1)Sc1ccc2c3c(c5ccccc5c-4c13)-c1cc3cc4ccccc4cc3cc1S2. The molecular weight excluding hydrogens is 569 g/mol. The highest BCUT2D eigenvalue weighted by molar-refractivity contribution is 8.00. The summed E-state index contributed by atoms with van der Waals surface area (Å²) in [6, 6.07) is 50.4. The maximum atomic E-state index is 2.45. The summed E-state index contributed by atoms with van der Waals surface area (Å²) in [7, 11) is 0. The van der Waals surface area contributed by atoms with Crippen molar-refractivity contribution in [2.75, 3.05) is 0 Å². The average molecular weight is 591 g/mol. The van der Waals surface area contributed by atoms with Crippen molar-refractivity contribution in [3.63, 3.8) is 0 Å². The highest BCUT2D eigenvalue weighted by Gasteiger charge is 2.30. The summed E-state index contributed by atoms with van der Waals surface area (Å²) in [6.45, 7) is 0.